The van der Waals surface area contributed by atoms with E-state index in [9.17, 15) is 0 Å². The van der Waals surface area contributed by atoms with Gasteiger partial charge in [0.15, 0.2) is 5.58 Å². The molecule has 0 atom stereocenters. The maximum absolute atomic E-state index is 8.49. The number of nitriles is 1. The van der Waals surface area contributed by atoms with Crippen LogP contribution in [-0.2, 0) is 6.42 Å². The molecular formula is C10H8N2OS. The Morgan fingerprint density at radius 1 is 1.57 bits per heavy atom. The molecule has 0 bridgehead atoms. The monoisotopic (exact) mass is 204 g/mol. The standard InChI is InChI=1S/C10H8N2OS/c1-14-7-2-3-9-8(6-7)12-10(13-9)4-5-11/h2-3,6H,4H2,1H3. The van der Waals surface area contributed by atoms with Gasteiger partial charge in [-0.25, -0.2) is 4.98 Å². The molecule has 0 aliphatic rings. The summed E-state index contributed by atoms with van der Waals surface area (Å²) in [6.07, 6.45) is 2.24. The average molecular weight is 204 g/mol. The van der Waals surface area contributed by atoms with Gasteiger partial charge in [-0.1, -0.05) is 0 Å². The number of nitrogens with zero attached hydrogens (tertiary/aromatic N) is 2. The lowest BCUT2D eigenvalue weighted by atomic mass is 10.3. The minimum absolute atomic E-state index is 0.225. The van der Waals surface area contributed by atoms with Crippen LogP contribution in [0.15, 0.2) is 27.5 Å². The summed E-state index contributed by atoms with van der Waals surface area (Å²) in [5.74, 6) is 0.487. The van der Waals surface area contributed by atoms with Gasteiger partial charge in [0.25, 0.3) is 0 Å². The number of thioether (sulfide) groups is 1. The number of fused-ring (bicyclic) bond motifs is 1. The zero-order valence-electron chi connectivity index (χ0n) is 7.65. The van der Waals surface area contributed by atoms with Crippen molar-refractivity contribution in [2.75, 3.05) is 6.26 Å². The zero-order valence-corrected chi connectivity index (χ0v) is 8.47. The molecule has 0 spiro atoms. The van der Waals surface area contributed by atoms with Gasteiger partial charge in [0, 0.05) is 4.90 Å². The summed E-state index contributed by atoms with van der Waals surface area (Å²) in [6.45, 7) is 0. The highest BCUT2D eigenvalue weighted by Gasteiger charge is 2.05. The molecule has 0 saturated heterocycles. The third kappa shape index (κ3) is 1.59. The van der Waals surface area contributed by atoms with E-state index in [4.69, 9.17) is 9.68 Å². The summed E-state index contributed by atoms with van der Waals surface area (Å²) in [4.78, 5) is 5.36. The van der Waals surface area contributed by atoms with Crippen LogP contribution in [0.5, 0.6) is 0 Å². The van der Waals surface area contributed by atoms with Gasteiger partial charge in [0.1, 0.15) is 11.9 Å². The number of rotatable bonds is 2. The number of hydrogen-bond donors (Lipinski definition) is 0. The average Bonchev–Trinajstić information content (AvgIpc) is 2.59. The van der Waals surface area contributed by atoms with Crippen molar-refractivity contribution in [2.24, 2.45) is 0 Å². The van der Waals surface area contributed by atoms with E-state index >= 15 is 0 Å². The predicted molar refractivity (Wildman–Crippen MR) is 55.1 cm³/mol. The van der Waals surface area contributed by atoms with Gasteiger partial charge in [0.05, 0.1) is 6.07 Å². The first-order valence-electron chi connectivity index (χ1n) is 4.14. The largest absolute Gasteiger partial charge is 0.440 e. The molecule has 3 nitrogen and oxygen atoms in total. The molecule has 1 heterocycles. The van der Waals surface area contributed by atoms with E-state index < -0.39 is 0 Å². The highest BCUT2D eigenvalue weighted by atomic mass is 32.2. The van der Waals surface area contributed by atoms with Crippen LogP contribution >= 0.6 is 11.8 Å². The number of benzene rings is 1. The van der Waals surface area contributed by atoms with Gasteiger partial charge in [0.2, 0.25) is 5.89 Å². The van der Waals surface area contributed by atoms with Crippen molar-refractivity contribution in [3.8, 4) is 6.07 Å². The molecule has 14 heavy (non-hydrogen) atoms. The van der Waals surface area contributed by atoms with E-state index in [2.05, 4.69) is 4.98 Å². The smallest absolute Gasteiger partial charge is 0.209 e. The summed E-state index contributed by atoms with van der Waals surface area (Å²) in [5, 5.41) is 8.49. The molecule has 0 unspecified atom stereocenters. The third-order valence-corrected chi connectivity index (χ3v) is 2.59. The van der Waals surface area contributed by atoms with Crippen molar-refractivity contribution in [3.05, 3.63) is 24.1 Å². The Morgan fingerprint density at radius 3 is 3.14 bits per heavy atom. The molecule has 4 heteroatoms. The lowest BCUT2D eigenvalue weighted by Gasteiger charge is -1.92. The fourth-order valence-electron chi connectivity index (χ4n) is 1.23. The van der Waals surface area contributed by atoms with E-state index in [1.54, 1.807) is 11.8 Å². The summed E-state index contributed by atoms with van der Waals surface area (Å²) in [6, 6.07) is 7.84. The number of aromatic nitrogens is 1. The summed E-state index contributed by atoms with van der Waals surface area (Å²) in [7, 11) is 0. The molecule has 0 amide bonds. The summed E-state index contributed by atoms with van der Waals surface area (Å²) in [5.41, 5.74) is 1.56. The maximum atomic E-state index is 8.49. The van der Waals surface area contributed by atoms with Crippen molar-refractivity contribution in [1.29, 1.82) is 5.26 Å². The normalized spacial score (nSPS) is 10.3. The minimum Gasteiger partial charge on any atom is -0.440 e. The van der Waals surface area contributed by atoms with Crippen molar-refractivity contribution >= 4 is 22.9 Å². The van der Waals surface area contributed by atoms with Crippen molar-refractivity contribution in [3.63, 3.8) is 0 Å². The molecule has 1 aromatic carbocycles. The lowest BCUT2D eigenvalue weighted by Crippen LogP contribution is -1.78. The van der Waals surface area contributed by atoms with Gasteiger partial charge in [-0.05, 0) is 24.5 Å². The quantitative estimate of drug-likeness (QED) is 0.705. The van der Waals surface area contributed by atoms with E-state index in [0.717, 1.165) is 16.0 Å². The molecule has 2 rings (SSSR count). The first kappa shape index (κ1) is 9.10. The third-order valence-electron chi connectivity index (χ3n) is 1.87. The van der Waals surface area contributed by atoms with Crippen LogP contribution in [0.25, 0.3) is 11.1 Å². The molecule has 0 aliphatic carbocycles. The van der Waals surface area contributed by atoms with E-state index in [0.29, 0.717) is 5.89 Å². The molecule has 0 fully saturated rings. The second-order valence-electron chi connectivity index (χ2n) is 2.78. The van der Waals surface area contributed by atoms with Gasteiger partial charge in [-0.2, -0.15) is 5.26 Å². The molecule has 0 radical (unpaired) electrons. The van der Waals surface area contributed by atoms with Crippen LogP contribution in [0.3, 0.4) is 0 Å². The van der Waals surface area contributed by atoms with E-state index in [1.165, 1.54) is 0 Å². The number of hydrogen-bond acceptors (Lipinski definition) is 4. The summed E-state index contributed by atoms with van der Waals surface area (Å²) >= 11 is 1.66. The highest BCUT2D eigenvalue weighted by molar-refractivity contribution is 7.98. The highest BCUT2D eigenvalue weighted by Crippen LogP contribution is 2.22. The topological polar surface area (TPSA) is 49.8 Å². The van der Waals surface area contributed by atoms with E-state index in [1.807, 2.05) is 30.5 Å². The fourth-order valence-corrected chi connectivity index (χ4v) is 1.66. The molecular weight excluding hydrogens is 196 g/mol. The predicted octanol–water partition coefficient (Wildman–Crippen LogP) is 2.62. The van der Waals surface area contributed by atoms with E-state index in [-0.39, 0.29) is 6.42 Å². The van der Waals surface area contributed by atoms with Crippen molar-refractivity contribution in [2.45, 2.75) is 11.3 Å². The maximum Gasteiger partial charge on any atom is 0.209 e. The van der Waals surface area contributed by atoms with Crippen LogP contribution in [0.4, 0.5) is 0 Å². The van der Waals surface area contributed by atoms with Gasteiger partial charge >= 0.3 is 0 Å². The van der Waals surface area contributed by atoms with Gasteiger partial charge < -0.3 is 4.42 Å². The van der Waals surface area contributed by atoms with Gasteiger partial charge in [-0.3, -0.25) is 0 Å². The Balaban J connectivity index is 2.50. The Morgan fingerprint density at radius 2 is 2.43 bits per heavy atom. The first-order valence-corrected chi connectivity index (χ1v) is 5.36. The van der Waals surface area contributed by atoms with Crippen molar-refractivity contribution in [1.82, 2.24) is 4.98 Å². The van der Waals surface area contributed by atoms with Crippen LogP contribution in [0.2, 0.25) is 0 Å². The minimum atomic E-state index is 0.225. The van der Waals surface area contributed by atoms with Gasteiger partial charge in [-0.15, -0.1) is 11.8 Å². The Labute approximate surface area is 85.7 Å². The molecule has 2 aromatic rings. The molecule has 1 aromatic heterocycles. The second kappa shape index (κ2) is 3.72. The van der Waals surface area contributed by atoms with Crippen LogP contribution in [0.1, 0.15) is 5.89 Å². The van der Waals surface area contributed by atoms with Crippen LogP contribution in [-0.4, -0.2) is 11.2 Å². The Bertz CT molecular complexity index is 498. The molecule has 0 N–H and O–H groups in total. The van der Waals surface area contributed by atoms with Crippen LogP contribution < -0.4 is 0 Å². The SMILES string of the molecule is CSc1ccc2oc(CC#N)nc2c1. The Hall–Kier alpha value is -1.47. The second-order valence-corrected chi connectivity index (χ2v) is 3.66. The lowest BCUT2D eigenvalue weighted by molar-refractivity contribution is 0.548. The fraction of sp³-hybridized carbons (Fsp3) is 0.200. The first-order chi connectivity index (χ1) is 6.83. The molecule has 70 valence electrons. The van der Waals surface area contributed by atoms with Crippen LogP contribution in [0, 0.1) is 11.3 Å². The Kier molecular flexibility index (Phi) is 2.42. The molecule has 0 aliphatic heterocycles. The zero-order chi connectivity index (χ0) is 9.97. The molecule has 0 saturated carbocycles. The summed E-state index contributed by atoms with van der Waals surface area (Å²) < 4.78 is 5.37. The van der Waals surface area contributed by atoms with Crippen molar-refractivity contribution < 1.29 is 4.42 Å². The number of oxazole rings is 1.